The summed E-state index contributed by atoms with van der Waals surface area (Å²) in [7, 11) is 0. The Hall–Kier alpha value is -2.33. The molecule has 0 radical (unpaired) electrons. The number of carbonyl (C=O) groups excluding carboxylic acids is 1. The third-order valence-electron chi connectivity index (χ3n) is 13.1. The fraction of sp³-hybridized carbons (Fsp3) is 0.639. The SMILES string of the molecule is CC12CCC3c4ccc(O)cc4CCC3C1CCC2=O.CC12CCC3c4ccc(O)cc4CCC3C1CCC2O. The summed E-state index contributed by atoms with van der Waals surface area (Å²) < 4.78 is 0. The molecule has 214 valence electrons. The van der Waals surface area contributed by atoms with Gasteiger partial charge >= 0.3 is 0 Å². The van der Waals surface area contributed by atoms with Crippen LogP contribution >= 0.6 is 0 Å². The molecule has 4 heteroatoms. The van der Waals surface area contributed by atoms with Gasteiger partial charge in [-0.3, -0.25) is 4.79 Å². The minimum atomic E-state index is -0.0883. The van der Waals surface area contributed by atoms with Crippen LogP contribution in [0.2, 0.25) is 0 Å². The zero-order valence-corrected chi connectivity index (χ0v) is 24.2. The summed E-state index contributed by atoms with van der Waals surface area (Å²) in [5.74, 6) is 5.27. The van der Waals surface area contributed by atoms with Gasteiger partial charge in [0.25, 0.3) is 0 Å². The number of aliphatic hydroxyl groups excluding tert-OH is 1. The molecule has 6 aliphatic carbocycles. The van der Waals surface area contributed by atoms with Crippen molar-refractivity contribution < 1.29 is 20.1 Å². The summed E-state index contributed by atoms with van der Waals surface area (Å²) >= 11 is 0. The summed E-state index contributed by atoms with van der Waals surface area (Å²) in [6.45, 7) is 4.54. The van der Waals surface area contributed by atoms with Crippen molar-refractivity contribution in [2.75, 3.05) is 0 Å². The molecule has 2 aromatic rings. The Kier molecular flexibility index (Phi) is 6.38. The molecular weight excluding hydrogens is 496 g/mol. The minimum Gasteiger partial charge on any atom is -0.508 e. The molecule has 8 rings (SSSR count). The first-order valence-electron chi connectivity index (χ1n) is 16.0. The molecule has 4 saturated carbocycles. The molecule has 6 aliphatic rings. The number of aliphatic hydroxyl groups is 1. The van der Waals surface area contributed by atoms with Gasteiger partial charge in [0.1, 0.15) is 17.3 Å². The Balaban J connectivity index is 0.000000132. The molecule has 0 bridgehead atoms. The number of Topliss-reactive ketones (excluding diaryl/α,β-unsaturated/α-hetero) is 1. The molecule has 0 saturated heterocycles. The zero-order chi connectivity index (χ0) is 27.8. The van der Waals surface area contributed by atoms with E-state index in [4.69, 9.17) is 0 Å². The number of aromatic hydroxyl groups is 2. The van der Waals surface area contributed by atoms with Crippen LogP contribution in [0.25, 0.3) is 0 Å². The highest BCUT2D eigenvalue weighted by Gasteiger charge is 2.55. The van der Waals surface area contributed by atoms with Gasteiger partial charge in [-0.2, -0.15) is 0 Å². The molecule has 40 heavy (non-hydrogen) atoms. The smallest absolute Gasteiger partial charge is 0.139 e. The number of rotatable bonds is 0. The van der Waals surface area contributed by atoms with Crippen LogP contribution in [0.5, 0.6) is 11.5 Å². The van der Waals surface area contributed by atoms with Crippen molar-refractivity contribution >= 4 is 5.78 Å². The van der Waals surface area contributed by atoms with Gasteiger partial charge in [-0.15, -0.1) is 0 Å². The summed E-state index contributed by atoms with van der Waals surface area (Å²) in [6.07, 6.45) is 13.1. The third-order valence-corrected chi connectivity index (χ3v) is 13.1. The number of hydrogen-bond donors (Lipinski definition) is 3. The van der Waals surface area contributed by atoms with Crippen molar-refractivity contribution in [3.05, 3.63) is 58.7 Å². The number of hydrogen-bond acceptors (Lipinski definition) is 4. The fourth-order valence-electron chi connectivity index (χ4n) is 10.9. The van der Waals surface area contributed by atoms with Crippen molar-refractivity contribution in [3.63, 3.8) is 0 Å². The highest BCUT2D eigenvalue weighted by atomic mass is 16.3. The molecular formula is C36H46O4. The maximum Gasteiger partial charge on any atom is 0.139 e. The van der Waals surface area contributed by atoms with Crippen molar-refractivity contribution in [1.29, 1.82) is 0 Å². The average molecular weight is 543 g/mol. The van der Waals surface area contributed by atoms with Crippen molar-refractivity contribution in [3.8, 4) is 11.5 Å². The summed E-state index contributed by atoms with van der Waals surface area (Å²) in [6, 6.07) is 11.9. The lowest BCUT2D eigenvalue weighted by atomic mass is 9.55. The number of ketones is 1. The van der Waals surface area contributed by atoms with Crippen molar-refractivity contribution in [2.24, 2.45) is 34.5 Å². The molecule has 0 heterocycles. The van der Waals surface area contributed by atoms with Crippen LogP contribution in [0.15, 0.2) is 36.4 Å². The summed E-state index contributed by atoms with van der Waals surface area (Å²) in [4.78, 5) is 12.3. The first kappa shape index (κ1) is 26.6. The molecule has 2 aromatic carbocycles. The van der Waals surface area contributed by atoms with Crippen LogP contribution in [0.3, 0.4) is 0 Å². The van der Waals surface area contributed by atoms with E-state index in [0.717, 1.165) is 57.3 Å². The van der Waals surface area contributed by atoms with E-state index in [1.807, 2.05) is 24.3 Å². The Morgan fingerprint density at radius 1 is 0.675 bits per heavy atom. The van der Waals surface area contributed by atoms with E-state index in [9.17, 15) is 20.1 Å². The molecule has 9 atom stereocenters. The lowest BCUT2D eigenvalue weighted by molar-refractivity contribution is -0.129. The normalized spacial score (nSPS) is 40.9. The summed E-state index contributed by atoms with van der Waals surface area (Å²) in [5.41, 5.74) is 5.74. The number of aryl methyl sites for hydroxylation is 2. The molecule has 0 aromatic heterocycles. The van der Waals surface area contributed by atoms with E-state index in [-0.39, 0.29) is 16.9 Å². The quantitative estimate of drug-likeness (QED) is 0.324. The van der Waals surface area contributed by atoms with E-state index in [1.54, 1.807) is 0 Å². The van der Waals surface area contributed by atoms with Gasteiger partial charge in [-0.25, -0.2) is 0 Å². The molecule has 4 fully saturated rings. The first-order chi connectivity index (χ1) is 19.2. The highest BCUT2D eigenvalue weighted by molar-refractivity contribution is 5.87. The van der Waals surface area contributed by atoms with Crippen molar-refractivity contribution in [2.45, 2.75) is 109 Å². The van der Waals surface area contributed by atoms with E-state index in [1.165, 1.54) is 47.9 Å². The fourth-order valence-corrected chi connectivity index (χ4v) is 10.9. The topological polar surface area (TPSA) is 77.8 Å². The lowest BCUT2D eigenvalue weighted by Gasteiger charge is -2.50. The molecule has 9 unspecified atom stereocenters. The highest BCUT2D eigenvalue weighted by Crippen LogP contribution is 2.61. The largest absolute Gasteiger partial charge is 0.508 e. The second-order valence-electron chi connectivity index (χ2n) is 14.7. The van der Waals surface area contributed by atoms with Crippen LogP contribution in [-0.2, 0) is 17.6 Å². The Morgan fingerprint density at radius 3 is 1.88 bits per heavy atom. The van der Waals surface area contributed by atoms with Gasteiger partial charge in [0.15, 0.2) is 0 Å². The number of benzene rings is 2. The molecule has 0 spiro atoms. The standard InChI is InChI=1S/C18H24O2.C18H22O2/c2*1-18-9-8-14-13-5-3-12(19)10-11(13)2-4-15(14)16(18)6-7-17(18)20/h3,5,10,14-17,19-20H,2,4,6-9H2,1H3;3,5,10,14-16,19H,2,4,6-9H2,1H3. The molecule has 3 N–H and O–H groups in total. The Labute approximate surface area is 239 Å². The maximum absolute atomic E-state index is 12.3. The van der Waals surface area contributed by atoms with E-state index >= 15 is 0 Å². The van der Waals surface area contributed by atoms with Crippen LogP contribution in [-0.4, -0.2) is 27.2 Å². The lowest BCUT2D eigenvalue weighted by Crippen LogP contribution is -2.43. The predicted molar refractivity (Wildman–Crippen MR) is 156 cm³/mol. The average Bonchev–Trinajstić information content (AvgIpc) is 3.43. The predicted octanol–water partition coefficient (Wildman–Crippen LogP) is 7.43. The van der Waals surface area contributed by atoms with Gasteiger partial charge in [0.05, 0.1) is 6.10 Å². The second-order valence-corrected chi connectivity index (χ2v) is 14.7. The zero-order valence-electron chi connectivity index (χ0n) is 24.2. The number of phenols is 2. The van der Waals surface area contributed by atoms with Crippen molar-refractivity contribution in [1.82, 2.24) is 0 Å². The van der Waals surface area contributed by atoms with E-state index < -0.39 is 0 Å². The minimum absolute atomic E-state index is 0.0322. The molecule has 0 amide bonds. The van der Waals surface area contributed by atoms with E-state index in [0.29, 0.717) is 46.9 Å². The van der Waals surface area contributed by atoms with Gasteiger partial charge in [-0.05, 0) is 158 Å². The second kappa shape index (κ2) is 9.61. The molecule has 0 aliphatic heterocycles. The van der Waals surface area contributed by atoms with Gasteiger partial charge in [0, 0.05) is 11.8 Å². The van der Waals surface area contributed by atoms with Crippen LogP contribution in [0.1, 0.15) is 112 Å². The van der Waals surface area contributed by atoms with Gasteiger partial charge < -0.3 is 15.3 Å². The third kappa shape index (κ3) is 3.99. The maximum atomic E-state index is 12.3. The number of fused-ring (bicyclic) bond motifs is 10. The van der Waals surface area contributed by atoms with E-state index in [2.05, 4.69) is 26.0 Å². The Bertz CT molecular complexity index is 1320. The monoisotopic (exact) mass is 542 g/mol. The Morgan fingerprint density at radius 2 is 1.25 bits per heavy atom. The van der Waals surface area contributed by atoms with Crippen LogP contribution < -0.4 is 0 Å². The number of phenolic OH excluding ortho intramolecular Hbond substituents is 2. The molecule has 4 nitrogen and oxygen atoms in total. The van der Waals surface area contributed by atoms with Gasteiger partial charge in [-0.1, -0.05) is 26.0 Å². The summed E-state index contributed by atoms with van der Waals surface area (Å²) in [5, 5.41) is 29.7. The first-order valence-corrected chi connectivity index (χ1v) is 16.0. The van der Waals surface area contributed by atoms with Crippen LogP contribution in [0, 0.1) is 34.5 Å². The van der Waals surface area contributed by atoms with Crippen LogP contribution in [0.4, 0.5) is 0 Å². The van der Waals surface area contributed by atoms with Gasteiger partial charge in [0.2, 0.25) is 0 Å². The number of carbonyl (C=O) groups is 1.